The molecular weight excluding hydrogens is 513 g/mol. The van der Waals surface area contributed by atoms with Crippen molar-refractivity contribution in [1.82, 2.24) is 25.1 Å². The first-order valence-electron chi connectivity index (χ1n) is 12.7. The number of esters is 1. The van der Waals surface area contributed by atoms with E-state index in [4.69, 9.17) is 4.74 Å². The van der Waals surface area contributed by atoms with E-state index in [1.807, 2.05) is 12.1 Å². The number of aromatic nitrogens is 4. The van der Waals surface area contributed by atoms with Gasteiger partial charge in [-0.1, -0.05) is 26.0 Å². The molecule has 1 aromatic carbocycles. The minimum atomic E-state index is -4.51. The van der Waals surface area contributed by atoms with Crippen molar-refractivity contribution in [2.75, 3.05) is 18.5 Å². The van der Waals surface area contributed by atoms with Crippen LogP contribution in [-0.2, 0) is 15.7 Å². The van der Waals surface area contributed by atoms with E-state index in [-0.39, 0.29) is 48.2 Å². The van der Waals surface area contributed by atoms with Gasteiger partial charge in [0.15, 0.2) is 0 Å². The molecule has 0 saturated heterocycles. The molecule has 0 radical (unpaired) electrons. The highest BCUT2D eigenvalue weighted by molar-refractivity contribution is 5.94. The summed E-state index contributed by atoms with van der Waals surface area (Å²) in [6.07, 6.45) is 0.557. The van der Waals surface area contributed by atoms with E-state index in [9.17, 15) is 22.8 Å². The molecule has 1 aliphatic rings. The molecule has 12 heteroatoms. The summed E-state index contributed by atoms with van der Waals surface area (Å²) in [4.78, 5) is 32.5. The molecule has 2 heterocycles. The third-order valence-electron chi connectivity index (χ3n) is 6.61. The van der Waals surface area contributed by atoms with Crippen LogP contribution in [-0.4, -0.2) is 44.8 Å². The SMILES string of the molecule is CCOC(=O)CCNC(=O)c1ccc(C(Nc2ccnc(-n3cc(C(F)(F)F)cn3)n2)C2CC(C)(C)C2)cc1. The molecule has 0 aliphatic heterocycles. The fourth-order valence-electron chi connectivity index (χ4n) is 4.80. The van der Waals surface area contributed by atoms with Crippen LogP contribution in [0.15, 0.2) is 48.9 Å². The summed E-state index contributed by atoms with van der Waals surface area (Å²) in [6.45, 7) is 6.59. The summed E-state index contributed by atoms with van der Waals surface area (Å²) in [5.41, 5.74) is 0.712. The van der Waals surface area contributed by atoms with Gasteiger partial charge in [0, 0.05) is 24.5 Å². The highest BCUT2D eigenvalue weighted by atomic mass is 19.4. The average molecular weight is 545 g/mol. The van der Waals surface area contributed by atoms with Crippen LogP contribution in [0.3, 0.4) is 0 Å². The molecule has 9 nitrogen and oxygen atoms in total. The Morgan fingerprint density at radius 1 is 1.18 bits per heavy atom. The fourth-order valence-corrected chi connectivity index (χ4v) is 4.80. The Morgan fingerprint density at radius 2 is 1.90 bits per heavy atom. The van der Waals surface area contributed by atoms with Crippen molar-refractivity contribution in [2.45, 2.75) is 52.3 Å². The first-order chi connectivity index (χ1) is 18.4. The van der Waals surface area contributed by atoms with Gasteiger partial charge in [-0.25, -0.2) is 9.67 Å². The largest absolute Gasteiger partial charge is 0.466 e. The van der Waals surface area contributed by atoms with Crippen molar-refractivity contribution in [3.63, 3.8) is 0 Å². The van der Waals surface area contributed by atoms with Crippen LogP contribution in [0.1, 0.15) is 67.6 Å². The van der Waals surface area contributed by atoms with Gasteiger partial charge in [-0.3, -0.25) is 9.59 Å². The lowest BCUT2D eigenvalue weighted by molar-refractivity contribution is -0.143. The van der Waals surface area contributed by atoms with Crippen LogP contribution in [0.5, 0.6) is 0 Å². The molecule has 0 bridgehead atoms. The maximum Gasteiger partial charge on any atom is 0.419 e. The van der Waals surface area contributed by atoms with Gasteiger partial charge in [0.25, 0.3) is 11.9 Å². The highest BCUT2D eigenvalue weighted by Crippen LogP contribution is 2.51. The van der Waals surface area contributed by atoms with Gasteiger partial charge in [-0.05, 0) is 54.9 Å². The Morgan fingerprint density at radius 3 is 2.51 bits per heavy atom. The number of hydrogen-bond acceptors (Lipinski definition) is 7. The third kappa shape index (κ3) is 7.12. The van der Waals surface area contributed by atoms with Crippen molar-refractivity contribution >= 4 is 17.7 Å². The normalized spacial score (nSPS) is 15.7. The van der Waals surface area contributed by atoms with E-state index in [1.54, 1.807) is 25.1 Å². The molecule has 2 aromatic heterocycles. The van der Waals surface area contributed by atoms with Crippen molar-refractivity contribution in [1.29, 1.82) is 0 Å². The second-order valence-electron chi connectivity index (χ2n) is 10.3. The first kappa shape index (κ1) is 28.1. The number of nitrogens with one attached hydrogen (secondary N) is 2. The summed E-state index contributed by atoms with van der Waals surface area (Å²) in [5.74, 6) is 0.0755. The Bertz CT molecular complexity index is 1300. The summed E-state index contributed by atoms with van der Waals surface area (Å²) >= 11 is 0. The van der Waals surface area contributed by atoms with Gasteiger partial charge in [0.05, 0.1) is 30.8 Å². The summed E-state index contributed by atoms with van der Waals surface area (Å²) in [5, 5.41) is 9.90. The highest BCUT2D eigenvalue weighted by Gasteiger charge is 2.41. The quantitative estimate of drug-likeness (QED) is 0.347. The number of carbonyl (C=O) groups excluding carboxylic acids is 2. The van der Waals surface area contributed by atoms with E-state index >= 15 is 0 Å². The number of nitrogens with zero attached hydrogens (tertiary/aromatic N) is 4. The second kappa shape index (κ2) is 11.4. The van der Waals surface area contributed by atoms with E-state index in [0.29, 0.717) is 18.0 Å². The van der Waals surface area contributed by atoms with Crippen LogP contribution in [0.4, 0.5) is 19.0 Å². The maximum atomic E-state index is 13.0. The number of rotatable bonds is 10. The lowest BCUT2D eigenvalue weighted by Crippen LogP contribution is -2.38. The summed E-state index contributed by atoms with van der Waals surface area (Å²) < 4.78 is 44.9. The third-order valence-corrected chi connectivity index (χ3v) is 6.61. The molecular formula is C27H31F3N6O3. The molecule has 208 valence electrons. The molecule has 3 aromatic rings. The number of ether oxygens (including phenoxy) is 1. The van der Waals surface area contributed by atoms with E-state index in [0.717, 1.165) is 35.5 Å². The minimum absolute atomic E-state index is 0.0121. The zero-order chi connectivity index (χ0) is 28.2. The van der Waals surface area contributed by atoms with Gasteiger partial charge >= 0.3 is 12.1 Å². The van der Waals surface area contributed by atoms with Crippen LogP contribution >= 0.6 is 0 Å². The topological polar surface area (TPSA) is 111 Å². The van der Waals surface area contributed by atoms with Gasteiger partial charge < -0.3 is 15.4 Å². The Hall–Kier alpha value is -3.96. The molecule has 4 rings (SSSR count). The van der Waals surface area contributed by atoms with E-state index in [2.05, 4.69) is 39.5 Å². The number of anilines is 1. The van der Waals surface area contributed by atoms with Crippen LogP contribution in [0, 0.1) is 11.3 Å². The lowest BCUT2D eigenvalue weighted by atomic mass is 9.61. The predicted molar refractivity (Wildman–Crippen MR) is 137 cm³/mol. The minimum Gasteiger partial charge on any atom is -0.466 e. The standard InChI is InChI=1S/C27H31F3N6O3/c1-4-39-22(37)10-12-31-24(38)18-7-5-17(6-8-18)23(19-13-26(2,3)14-19)34-21-9-11-32-25(35-21)36-16-20(15-33-36)27(28,29)30/h5-9,11,15-16,19,23H,4,10,12-14H2,1-3H3,(H,31,38)(H,32,34,35). The monoisotopic (exact) mass is 544 g/mol. The maximum absolute atomic E-state index is 13.0. The predicted octanol–water partition coefficient (Wildman–Crippen LogP) is 4.95. The Labute approximate surface area is 224 Å². The molecule has 1 atom stereocenters. The smallest absolute Gasteiger partial charge is 0.419 e. The molecule has 1 fully saturated rings. The number of hydrogen-bond donors (Lipinski definition) is 2. The van der Waals surface area contributed by atoms with Crippen molar-refractivity contribution in [3.8, 4) is 5.95 Å². The Kier molecular flexibility index (Phi) is 8.22. The molecule has 1 saturated carbocycles. The number of halogens is 3. The zero-order valence-corrected chi connectivity index (χ0v) is 22.0. The zero-order valence-electron chi connectivity index (χ0n) is 22.0. The van der Waals surface area contributed by atoms with E-state index < -0.39 is 11.7 Å². The lowest BCUT2D eigenvalue weighted by Gasteiger charge is -2.47. The summed E-state index contributed by atoms with van der Waals surface area (Å²) in [6, 6.07) is 8.69. The fraction of sp³-hybridized carbons (Fsp3) is 0.444. The van der Waals surface area contributed by atoms with Gasteiger partial charge in [0.1, 0.15) is 5.82 Å². The number of alkyl halides is 3. The Balaban J connectivity index is 1.49. The van der Waals surface area contributed by atoms with Crippen molar-refractivity contribution < 1.29 is 27.5 Å². The van der Waals surface area contributed by atoms with Crippen LogP contribution in [0.2, 0.25) is 0 Å². The molecule has 1 aliphatic carbocycles. The number of amides is 1. The van der Waals surface area contributed by atoms with Gasteiger partial charge in [-0.15, -0.1) is 0 Å². The van der Waals surface area contributed by atoms with E-state index in [1.165, 1.54) is 6.20 Å². The molecule has 2 N–H and O–H groups in total. The average Bonchev–Trinajstić information content (AvgIpc) is 3.38. The second-order valence-corrected chi connectivity index (χ2v) is 10.3. The van der Waals surface area contributed by atoms with Crippen molar-refractivity contribution in [2.24, 2.45) is 11.3 Å². The molecule has 39 heavy (non-hydrogen) atoms. The van der Waals surface area contributed by atoms with Crippen LogP contribution in [0.25, 0.3) is 5.95 Å². The van der Waals surface area contributed by atoms with Gasteiger partial charge in [0.2, 0.25) is 0 Å². The molecule has 1 amide bonds. The molecule has 0 spiro atoms. The van der Waals surface area contributed by atoms with Crippen LogP contribution < -0.4 is 10.6 Å². The van der Waals surface area contributed by atoms with Crippen molar-refractivity contribution in [3.05, 3.63) is 65.6 Å². The molecule has 1 unspecified atom stereocenters. The number of carbonyl (C=O) groups is 2. The number of benzene rings is 1. The first-order valence-corrected chi connectivity index (χ1v) is 12.7. The summed E-state index contributed by atoms with van der Waals surface area (Å²) in [7, 11) is 0. The van der Waals surface area contributed by atoms with Gasteiger partial charge in [-0.2, -0.15) is 23.3 Å².